The normalized spacial score (nSPS) is 10.4. The van der Waals surface area contributed by atoms with Gasteiger partial charge in [0, 0.05) is 26.2 Å². The largest absolute Gasteiger partial charge is 0.364 e. The van der Waals surface area contributed by atoms with Crippen LogP contribution >= 0.6 is 0 Å². The lowest BCUT2D eigenvalue weighted by Gasteiger charge is -2.24. The molecule has 0 aliphatic rings. The molecule has 2 N–H and O–H groups in total. The van der Waals surface area contributed by atoms with Gasteiger partial charge in [0.05, 0.1) is 4.92 Å². The maximum absolute atomic E-state index is 11.6. The Labute approximate surface area is 129 Å². The summed E-state index contributed by atoms with van der Waals surface area (Å²) in [6, 6.07) is 0. The molecule has 0 spiro atoms. The molecule has 0 atom stereocenters. The summed E-state index contributed by atoms with van der Waals surface area (Å²) in [5.74, 6) is -0.539. The SMILES string of the molecule is CCN(CC)c1nc(C(N)=O)c([N+](=O)[O-])c(N(CC)CC)n1. The van der Waals surface area contributed by atoms with Crippen molar-refractivity contribution in [1.29, 1.82) is 0 Å². The zero-order valence-electron chi connectivity index (χ0n) is 13.4. The standard InChI is InChI=1S/C13H22N6O3/c1-5-17(6-2)12-10(19(21)22)9(11(14)20)15-13(16-12)18(7-3)8-4/h5-8H2,1-4H3,(H2,14,20). The third kappa shape index (κ3) is 3.41. The van der Waals surface area contributed by atoms with Gasteiger partial charge in [0.25, 0.3) is 5.91 Å². The molecule has 1 aromatic rings. The molecule has 0 bridgehead atoms. The fraction of sp³-hybridized carbons (Fsp3) is 0.615. The number of anilines is 2. The van der Waals surface area contributed by atoms with Crippen molar-refractivity contribution >= 4 is 23.4 Å². The number of amides is 1. The first kappa shape index (κ1) is 17.6. The Hall–Kier alpha value is -2.45. The summed E-state index contributed by atoms with van der Waals surface area (Å²) < 4.78 is 0. The van der Waals surface area contributed by atoms with Crippen LogP contribution < -0.4 is 15.5 Å². The fourth-order valence-corrected chi connectivity index (χ4v) is 2.16. The lowest BCUT2D eigenvalue weighted by atomic mass is 10.3. The Morgan fingerprint density at radius 3 is 1.95 bits per heavy atom. The van der Waals surface area contributed by atoms with Crippen LogP contribution in [-0.4, -0.2) is 47.0 Å². The molecule has 0 fully saturated rings. The van der Waals surface area contributed by atoms with Crippen LogP contribution in [0.25, 0.3) is 0 Å². The molecular formula is C13H22N6O3. The molecule has 0 saturated carbocycles. The summed E-state index contributed by atoms with van der Waals surface area (Å²) in [7, 11) is 0. The average molecular weight is 310 g/mol. The van der Waals surface area contributed by atoms with Crippen molar-refractivity contribution in [3.63, 3.8) is 0 Å². The van der Waals surface area contributed by atoms with Crippen molar-refractivity contribution < 1.29 is 9.72 Å². The Bertz CT molecular complexity index is 555. The van der Waals surface area contributed by atoms with E-state index in [-0.39, 0.29) is 17.5 Å². The Morgan fingerprint density at radius 2 is 1.59 bits per heavy atom. The van der Waals surface area contributed by atoms with E-state index in [1.165, 1.54) is 0 Å². The van der Waals surface area contributed by atoms with Crippen LogP contribution in [0.4, 0.5) is 17.5 Å². The number of nitrogens with two attached hydrogens (primary N) is 1. The molecular weight excluding hydrogens is 288 g/mol. The number of carbonyl (C=O) groups excluding carboxylic acids is 1. The van der Waals surface area contributed by atoms with Crippen molar-refractivity contribution in [2.75, 3.05) is 36.0 Å². The second-order valence-electron chi connectivity index (χ2n) is 4.51. The molecule has 0 saturated heterocycles. The van der Waals surface area contributed by atoms with E-state index in [1.807, 2.05) is 32.6 Å². The van der Waals surface area contributed by atoms with Gasteiger partial charge in [-0.3, -0.25) is 14.9 Å². The van der Waals surface area contributed by atoms with Gasteiger partial charge in [0.15, 0.2) is 0 Å². The number of rotatable bonds is 8. The highest BCUT2D eigenvalue weighted by molar-refractivity contribution is 5.97. The number of aromatic nitrogens is 2. The van der Waals surface area contributed by atoms with Crippen molar-refractivity contribution in [3.05, 3.63) is 15.8 Å². The zero-order chi connectivity index (χ0) is 16.9. The van der Waals surface area contributed by atoms with Gasteiger partial charge in [-0.05, 0) is 27.7 Å². The molecule has 0 aliphatic carbocycles. The van der Waals surface area contributed by atoms with Crippen LogP contribution in [0.2, 0.25) is 0 Å². The molecule has 9 nitrogen and oxygen atoms in total. The van der Waals surface area contributed by atoms with Crippen molar-refractivity contribution in [2.45, 2.75) is 27.7 Å². The topological polar surface area (TPSA) is 118 Å². The highest BCUT2D eigenvalue weighted by atomic mass is 16.6. The van der Waals surface area contributed by atoms with Crippen LogP contribution in [0.3, 0.4) is 0 Å². The second kappa shape index (κ2) is 7.53. The van der Waals surface area contributed by atoms with Crippen LogP contribution in [-0.2, 0) is 0 Å². The summed E-state index contributed by atoms with van der Waals surface area (Å²) >= 11 is 0. The summed E-state index contributed by atoms with van der Waals surface area (Å²) in [6.07, 6.45) is 0. The second-order valence-corrected chi connectivity index (χ2v) is 4.51. The smallest absolute Gasteiger partial charge is 0.342 e. The van der Waals surface area contributed by atoms with E-state index in [4.69, 9.17) is 5.73 Å². The zero-order valence-corrected chi connectivity index (χ0v) is 13.4. The van der Waals surface area contributed by atoms with Crippen molar-refractivity contribution in [2.24, 2.45) is 5.73 Å². The third-order valence-corrected chi connectivity index (χ3v) is 3.38. The van der Waals surface area contributed by atoms with E-state index in [2.05, 4.69) is 9.97 Å². The molecule has 0 aliphatic heterocycles. The molecule has 22 heavy (non-hydrogen) atoms. The molecule has 0 radical (unpaired) electrons. The predicted molar refractivity (Wildman–Crippen MR) is 84.3 cm³/mol. The molecule has 1 amide bonds. The van der Waals surface area contributed by atoms with E-state index in [0.29, 0.717) is 26.2 Å². The molecule has 0 unspecified atom stereocenters. The number of nitrogens with zero attached hydrogens (tertiary/aromatic N) is 5. The lowest BCUT2D eigenvalue weighted by Crippen LogP contribution is -2.30. The van der Waals surface area contributed by atoms with Gasteiger partial charge in [0.1, 0.15) is 0 Å². The van der Waals surface area contributed by atoms with E-state index >= 15 is 0 Å². The third-order valence-electron chi connectivity index (χ3n) is 3.38. The van der Waals surface area contributed by atoms with Gasteiger partial charge in [0.2, 0.25) is 17.5 Å². The highest BCUT2D eigenvalue weighted by Gasteiger charge is 2.31. The van der Waals surface area contributed by atoms with Gasteiger partial charge in [-0.25, -0.2) is 4.98 Å². The quantitative estimate of drug-likeness (QED) is 0.565. The minimum absolute atomic E-state index is 0.126. The van der Waals surface area contributed by atoms with Gasteiger partial charge in [-0.15, -0.1) is 0 Å². The van der Waals surface area contributed by atoms with Crippen LogP contribution in [0.15, 0.2) is 0 Å². The van der Waals surface area contributed by atoms with E-state index in [9.17, 15) is 14.9 Å². The first-order valence-electron chi connectivity index (χ1n) is 7.27. The fourth-order valence-electron chi connectivity index (χ4n) is 2.16. The van der Waals surface area contributed by atoms with Crippen LogP contribution in [0, 0.1) is 10.1 Å². The highest BCUT2D eigenvalue weighted by Crippen LogP contribution is 2.31. The van der Waals surface area contributed by atoms with Gasteiger partial charge < -0.3 is 15.5 Å². The average Bonchev–Trinajstić information content (AvgIpc) is 2.48. The summed E-state index contributed by atoms with van der Waals surface area (Å²) in [5.41, 5.74) is 4.49. The number of hydrogen-bond acceptors (Lipinski definition) is 7. The molecule has 122 valence electrons. The predicted octanol–water partition coefficient (Wildman–Crippen LogP) is 1.18. The summed E-state index contributed by atoms with van der Waals surface area (Å²) in [6.45, 7) is 9.81. The first-order valence-corrected chi connectivity index (χ1v) is 7.27. The Kier molecular flexibility index (Phi) is 6.02. The van der Waals surface area contributed by atoms with E-state index in [1.54, 1.807) is 4.90 Å². The molecule has 1 rings (SSSR count). The number of nitro groups is 1. The Balaban J connectivity index is 3.68. The van der Waals surface area contributed by atoms with Crippen molar-refractivity contribution in [1.82, 2.24) is 9.97 Å². The maximum Gasteiger partial charge on any atom is 0.342 e. The van der Waals surface area contributed by atoms with Crippen LogP contribution in [0.1, 0.15) is 38.2 Å². The molecule has 0 aromatic carbocycles. The Morgan fingerprint density at radius 1 is 1.09 bits per heavy atom. The van der Waals surface area contributed by atoms with E-state index in [0.717, 1.165) is 0 Å². The summed E-state index contributed by atoms with van der Waals surface area (Å²) in [5, 5.41) is 11.4. The minimum atomic E-state index is -0.934. The number of primary amides is 1. The minimum Gasteiger partial charge on any atom is -0.364 e. The van der Waals surface area contributed by atoms with Gasteiger partial charge >= 0.3 is 5.69 Å². The summed E-state index contributed by atoms with van der Waals surface area (Å²) in [4.78, 5) is 34.2. The lowest BCUT2D eigenvalue weighted by molar-refractivity contribution is -0.384. The number of hydrogen-bond donors (Lipinski definition) is 1. The van der Waals surface area contributed by atoms with Gasteiger partial charge in [-0.1, -0.05) is 0 Å². The first-order chi connectivity index (χ1) is 10.4. The van der Waals surface area contributed by atoms with E-state index < -0.39 is 16.5 Å². The van der Waals surface area contributed by atoms with Crippen molar-refractivity contribution in [3.8, 4) is 0 Å². The monoisotopic (exact) mass is 310 g/mol. The molecule has 9 heteroatoms. The molecule has 1 heterocycles. The molecule has 1 aromatic heterocycles. The maximum atomic E-state index is 11.6. The van der Waals surface area contributed by atoms with Gasteiger partial charge in [-0.2, -0.15) is 4.98 Å². The van der Waals surface area contributed by atoms with Crippen LogP contribution in [0.5, 0.6) is 0 Å². The number of carbonyl (C=O) groups is 1.